The molecule has 6 N–H and O–H groups in total. The van der Waals surface area contributed by atoms with E-state index in [-0.39, 0.29) is 55.5 Å². The summed E-state index contributed by atoms with van der Waals surface area (Å²) < 4.78 is 40.1. The fourth-order valence-corrected chi connectivity index (χ4v) is 6.12. The number of pyridine rings is 1. The summed E-state index contributed by atoms with van der Waals surface area (Å²) in [4.78, 5) is 84.5. The van der Waals surface area contributed by atoms with Crippen molar-refractivity contribution in [1.29, 1.82) is 0 Å². The van der Waals surface area contributed by atoms with Crippen molar-refractivity contribution in [2.75, 3.05) is 5.32 Å². The number of halogens is 3. The molecule has 0 saturated heterocycles. The van der Waals surface area contributed by atoms with Crippen LogP contribution in [-0.2, 0) is 60.6 Å². The fraction of sp³-hybridized carbons (Fsp3) is 0.293. The number of fused-ring (bicyclic) bond motifs is 18. The molecule has 3 aromatic carbocycles. The summed E-state index contributed by atoms with van der Waals surface area (Å²) in [5.41, 5.74) is 1.28. The smallest absolute Gasteiger partial charge is 0.416 e. The molecule has 3 heterocycles. The van der Waals surface area contributed by atoms with Crippen molar-refractivity contribution in [3.63, 3.8) is 0 Å². The Morgan fingerprint density at radius 1 is 0.649 bits per heavy atom. The Morgan fingerprint density at radius 2 is 1.19 bits per heavy atom. The Balaban J connectivity index is 1.50. The number of hydrogen-bond donors (Lipinski definition) is 6. The Bertz CT molecular complexity index is 2030. The number of aromatic nitrogens is 1. The summed E-state index contributed by atoms with van der Waals surface area (Å²) in [7, 11) is 0. The lowest BCUT2D eigenvalue weighted by Gasteiger charge is -2.26. The predicted octanol–water partition coefficient (Wildman–Crippen LogP) is 3.52. The van der Waals surface area contributed by atoms with Gasteiger partial charge in [0.1, 0.15) is 24.2 Å². The monoisotopic (exact) mass is 786 g/mol. The largest absolute Gasteiger partial charge is 0.480 e. The number of benzene rings is 3. The third-order valence-electron chi connectivity index (χ3n) is 9.20. The van der Waals surface area contributed by atoms with E-state index in [2.05, 4.69) is 31.6 Å². The van der Waals surface area contributed by atoms with Gasteiger partial charge in [0, 0.05) is 37.8 Å². The number of carboxylic acids is 1. The second-order valence-corrected chi connectivity index (χ2v) is 13.5. The predicted molar refractivity (Wildman–Crippen MR) is 201 cm³/mol. The van der Waals surface area contributed by atoms with Crippen LogP contribution in [0, 0.1) is 0 Å². The Labute approximate surface area is 325 Å². The fourth-order valence-electron chi connectivity index (χ4n) is 6.12. The van der Waals surface area contributed by atoms with E-state index in [0.717, 1.165) is 29.8 Å². The molecule has 1 aromatic heterocycles. The molecule has 0 radical (unpaired) electrons. The zero-order valence-corrected chi connectivity index (χ0v) is 30.6. The first-order valence-electron chi connectivity index (χ1n) is 18.2. The van der Waals surface area contributed by atoms with E-state index >= 15 is 0 Å². The minimum atomic E-state index is -4.63. The van der Waals surface area contributed by atoms with Crippen molar-refractivity contribution in [2.45, 2.75) is 75.3 Å². The minimum Gasteiger partial charge on any atom is -0.480 e. The number of hydrogen-bond acceptors (Lipinski definition) is 7. The van der Waals surface area contributed by atoms with Crippen LogP contribution in [0.4, 0.5) is 18.9 Å². The van der Waals surface area contributed by atoms with Crippen LogP contribution in [0.1, 0.15) is 47.2 Å². The molecule has 0 spiro atoms. The quantitative estimate of drug-likeness (QED) is 0.146. The van der Waals surface area contributed by atoms with Crippen LogP contribution in [-0.4, -0.2) is 69.8 Å². The van der Waals surface area contributed by atoms with Crippen LogP contribution >= 0.6 is 0 Å². The van der Waals surface area contributed by atoms with Gasteiger partial charge < -0.3 is 31.7 Å². The summed E-state index contributed by atoms with van der Waals surface area (Å²) in [5, 5.41) is 23.0. The number of aliphatic carboxylic acids is 1. The molecule has 5 amide bonds. The van der Waals surface area contributed by atoms with Crippen LogP contribution in [0.2, 0.25) is 0 Å². The highest BCUT2D eigenvalue weighted by molar-refractivity contribution is 5.96. The maximum absolute atomic E-state index is 14.2. The number of amides is 5. The number of nitrogens with one attached hydrogen (secondary N) is 5. The number of carbonyl (C=O) groups is 6. The topological polar surface area (TPSA) is 196 Å². The van der Waals surface area contributed by atoms with Gasteiger partial charge in [-0.3, -0.25) is 29.0 Å². The zero-order chi connectivity index (χ0) is 41.0. The summed E-state index contributed by atoms with van der Waals surface area (Å²) in [6, 6.07) is 19.0. The molecule has 298 valence electrons. The number of carboxylic acid groups (broad SMARTS) is 1. The Morgan fingerprint density at radius 3 is 1.75 bits per heavy atom. The first-order valence-corrected chi connectivity index (χ1v) is 18.2. The molecule has 4 unspecified atom stereocenters. The molecule has 57 heavy (non-hydrogen) atoms. The maximum atomic E-state index is 14.2. The molecule has 13 nitrogen and oxygen atoms in total. The third kappa shape index (κ3) is 12.7. The lowest BCUT2D eigenvalue weighted by molar-refractivity contribution is -0.142. The van der Waals surface area contributed by atoms with E-state index in [1.165, 1.54) is 18.3 Å². The summed E-state index contributed by atoms with van der Waals surface area (Å²) >= 11 is 0. The second kappa shape index (κ2) is 19.3. The van der Waals surface area contributed by atoms with Gasteiger partial charge in [0.25, 0.3) is 0 Å². The van der Waals surface area contributed by atoms with Crippen LogP contribution in [0.3, 0.4) is 0 Å². The van der Waals surface area contributed by atoms with E-state index in [0.29, 0.717) is 12.0 Å². The van der Waals surface area contributed by atoms with Gasteiger partial charge in [0.2, 0.25) is 29.5 Å². The van der Waals surface area contributed by atoms with Crippen molar-refractivity contribution >= 4 is 41.2 Å². The molecule has 16 heteroatoms. The van der Waals surface area contributed by atoms with Gasteiger partial charge in [-0.15, -0.1) is 0 Å². The Kier molecular flexibility index (Phi) is 14.1. The van der Waals surface area contributed by atoms with Gasteiger partial charge in [-0.2, -0.15) is 13.2 Å². The van der Waals surface area contributed by atoms with E-state index in [1.54, 1.807) is 42.5 Å². The Hall–Kier alpha value is -6.58. The number of alkyl halides is 3. The molecule has 4 atom stereocenters. The molecule has 2 aliphatic heterocycles. The first-order chi connectivity index (χ1) is 27.2. The second-order valence-electron chi connectivity index (χ2n) is 13.5. The minimum absolute atomic E-state index is 0.0655. The lowest BCUT2D eigenvalue weighted by Crippen LogP contribution is -2.59. The van der Waals surface area contributed by atoms with Gasteiger partial charge in [0.15, 0.2) is 0 Å². The highest BCUT2D eigenvalue weighted by atomic mass is 19.4. The van der Waals surface area contributed by atoms with Crippen molar-refractivity contribution in [1.82, 2.24) is 26.3 Å². The normalized spacial score (nSPS) is 20.2. The molecular weight excluding hydrogens is 745 g/mol. The summed E-state index contributed by atoms with van der Waals surface area (Å²) in [5.74, 6) is -5.15. The number of aryl methyl sites for hydroxylation is 1. The molecule has 6 rings (SSSR count). The SMILES string of the molecule is O=C1CCC(=O)NC(CCc2ccccc2)C(=O)NC(Cc2ccc(C(F)(F)F)cc2)C(=O)NC(Cc2ccccc2)C(=O)NC(C(=O)O)Cc2ccc(cn2)N1. The average Bonchev–Trinajstić information content (AvgIpc) is 3.18. The van der Waals surface area contributed by atoms with Crippen LogP contribution < -0.4 is 26.6 Å². The zero-order valence-electron chi connectivity index (χ0n) is 30.6. The van der Waals surface area contributed by atoms with Gasteiger partial charge >= 0.3 is 12.1 Å². The molecule has 2 bridgehead atoms. The van der Waals surface area contributed by atoms with Gasteiger partial charge in [-0.05, 0) is 53.8 Å². The number of nitrogens with zero attached hydrogens (tertiary/aromatic N) is 1. The molecule has 4 aromatic rings. The van der Waals surface area contributed by atoms with Crippen LogP contribution in [0.5, 0.6) is 0 Å². The average molecular weight is 787 g/mol. The van der Waals surface area contributed by atoms with Crippen molar-refractivity contribution in [3.8, 4) is 0 Å². The standard InChI is InChI=1S/C41H41F3N6O7/c42-41(43,44)28-14-11-27(12-15-28)22-33-38(54)49-32(21-26-9-5-2-6-10-26)39(55)50-34(40(56)57)23-29-16-17-30(24-45-29)46-35(51)19-20-36(52)47-31(37(53)48-33)18-13-25-7-3-1-4-8-25/h1-12,14-17,24,31-34H,13,18-23H2,(H,46,51)(H,47,52)(H,48,53)(H,49,54)(H,50,55)(H,56,57). The number of carbonyl (C=O) groups excluding carboxylic acids is 5. The van der Waals surface area contributed by atoms with E-state index in [1.807, 2.05) is 18.2 Å². The van der Waals surface area contributed by atoms with Crippen molar-refractivity contribution < 1.29 is 47.0 Å². The van der Waals surface area contributed by atoms with Crippen molar-refractivity contribution in [2.24, 2.45) is 0 Å². The highest BCUT2D eigenvalue weighted by Gasteiger charge is 2.33. The molecule has 0 fully saturated rings. The summed E-state index contributed by atoms with van der Waals surface area (Å²) in [6.07, 6.45) is -4.21. The van der Waals surface area contributed by atoms with Crippen LogP contribution in [0.25, 0.3) is 0 Å². The van der Waals surface area contributed by atoms with E-state index in [9.17, 15) is 47.0 Å². The van der Waals surface area contributed by atoms with Crippen molar-refractivity contribution in [3.05, 3.63) is 131 Å². The van der Waals surface area contributed by atoms with Crippen LogP contribution in [0.15, 0.2) is 103 Å². The number of rotatable bonds is 8. The van der Waals surface area contributed by atoms with Gasteiger partial charge in [-0.1, -0.05) is 72.8 Å². The van der Waals surface area contributed by atoms with E-state index in [4.69, 9.17) is 0 Å². The number of anilines is 1. The van der Waals surface area contributed by atoms with Gasteiger partial charge in [-0.25, -0.2) is 4.79 Å². The van der Waals surface area contributed by atoms with E-state index < -0.39 is 71.4 Å². The molecule has 0 saturated carbocycles. The summed E-state index contributed by atoms with van der Waals surface area (Å²) in [6.45, 7) is 0. The highest BCUT2D eigenvalue weighted by Crippen LogP contribution is 2.29. The lowest BCUT2D eigenvalue weighted by atomic mass is 10.00. The maximum Gasteiger partial charge on any atom is 0.416 e. The van der Waals surface area contributed by atoms with Gasteiger partial charge in [0.05, 0.1) is 17.4 Å². The molecule has 0 aliphatic carbocycles. The first kappa shape index (κ1) is 41.6. The molecular formula is C41H41F3N6O7. The third-order valence-corrected chi connectivity index (χ3v) is 9.20. The molecule has 2 aliphatic rings.